The highest BCUT2D eigenvalue weighted by molar-refractivity contribution is 5.89. The molecule has 0 saturated heterocycles. The second-order valence-electron chi connectivity index (χ2n) is 4.21. The van der Waals surface area contributed by atoms with Gasteiger partial charge in [-0.15, -0.1) is 5.92 Å². The van der Waals surface area contributed by atoms with Crippen molar-refractivity contribution in [3.63, 3.8) is 0 Å². The van der Waals surface area contributed by atoms with Crippen molar-refractivity contribution in [3.05, 3.63) is 42.0 Å². The lowest BCUT2D eigenvalue weighted by Gasteiger charge is -2.15. The van der Waals surface area contributed by atoms with Crippen molar-refractivity contribution in [2.45, 2.75) is 19.9 Å². The third-order valence-electron chi connectivity index (χ3n) is 2.87. The first-order valence-corrected chi connectivity index (χ1v) is 6.03. The Kier molecular flexibility index (Phi) is 3.86. The van der Waals surface area contributed by atoms with Gasteiger partial charge in [0, 0.05) is 17.0 Å². The van der Waals surface area contributed by atoms with E-state index in [1.54, 1.807) is 6.92 Å². The van der Waals surface area contributed by atoms with Crippen molar-refractivity contribution in [3.8, 4) is 17.6 Å². The van der Waals surface area contributed by atoms with Crippen LogP contribution in [0.15, 0.2) is 36.4 Å². The van der Waals surface area contributed by atoms with Crippen molar-refractivity contribution in [1.29, 1.82) is 0 Å². The summed E-state index contributed by atoms with van der Waals surface area (Å²) in [5.74, 6) is 6.60. The van der Waals surface area contributed by atoms with Gasteiger partial charge in [0.2, 0.25) is 0 Å². The molecule has 2 N–H and O–H groups in total. The van der Waals surface area contributed by atoms with Gasteiger partial charge in [0.15, 0.2) is 0 Å². The SMILES string of the molecule is CC#CCOc1c(C(C)N)ccc2ccccc12. The maximum Gasteiger partial charge on any atom is 0.149 e. The van der Waals surface area contributed by atoms with E-state index in [-0.39, 0.29) is 6.04 Å². The highest BCUT2D eigenvalue weighted by Crippen LogP contribution is 2.32. The highest BCUT2D eigenvalue weighted by Gasteiger charge is 2.11. The molecule has 0 fully saturated rings. The molecular weight excluding hydrogens is 222 g/mol. The van der Waals surface area contributed by atoms with E-state index in [0.29, 0.717) is 6.61 Å². The van der Waals surface area contributed by atoms with Crippen molar-refractivity contribution in [1.82, 2.24) is 0 Å². The predicted octanol–water partition coefficient (Wildman–Crippen LogP) is 3.26. The molecule has 18 heavy (non-hydrogen) atoms. The molecule has 0 aliphatic heterocycles. The molecule has 2 rings (SSSR count). The highest BCUT2D eigenvalue weighted by atomic mass is 16.5. The average molecular weight is 239 g/mol. The fourth-order valence-corrected chi connectivity index (χ4v) is 1.96. The summed E-state index contributed by atoms with van der Waals surface area (Å²) in [6.07, 6.45) is 0. The van der Waals surface area contributed by atoms with E-state index in [0.717, 1.165) is 22.1 Å². The van der Waals surface area contributed by atoms with Crippen LogP contribution in [0.1, 0.15) is 25.5 Å². The van der Waals surface area contributed by atoms with Crippen molar-refractivity contribution < 1.29 is 4.74 Å². The summed E-state index contributed by atoms with van der Waals surface area (Å²) >= 11 is 0. The van der Waals surface area contributed by atoms with Crippen LogP contribution >= 0.6 is 0 Å². The van der Waals surface area contributed by atoms with E-state index in [2.05, 4.69) is 30.0 Å². The lowest BCUT2D eigenvalue weighted by atomic mass is 10.0. The van der Waals surface area contributed by atoms with Gasteiger partial charge in [-0.05, 0) is 19.2 Å². The fraction of sp³-hybridized carbons (Fsp3) is 0.250. The Morgan fingerprint density at radius 3 is 2.72 bits per heavy atom. The molecule has 0 aliphatic rings. The van der Waals surface area contributed by atoms with Crippen LogP contribution in [-0.4, -0.2) is 6.61 Å². The molecule has 0 saturated carbocycles. The van der Waals surface area contributed by atoms with Crippen LogP contribution in [0.25, 0.3) is 10.8 Å². The van der Waals surface area contributed by atoms with Gasteiger partial charge in [0.1, 0.15) is 12.4 Å². The van der Waals surface area contributed by atoms with E-state index in [4.69, 9.17) is 10.5 Å². The molecule has 0 amide bonds. The van der Waals surface area contributed by atoms with E-state index in [1.807, 2.05) is 25.1 Å². The Labute approximate surface area is 108 Å². The first kappa shape index (κ1) is 12.5. The van der Waals surface area contributed by atoms with Crippen molar-refractivity contribution >= 4 is 10.8 Å². The molecule has 92 valence electrons. The Hall–Kier alpha value is -1.98. The normalized spacial score (nSPS) is 11.7. The molecule has 2 heteroatoms. The molecule has 2 aromatic carbocycles. The largest absolute Gasteiger partial charge is 0.480 e. The van der Waals surface area contributed by atoms with Gasteiger partial charge in [-0.25, -0.2) is 0 Å². The minimum absolute atomic E-state index is 0.0563. The zero-order chi connectivity index (χ0) is 13.0. The average Bonchev–Trinajstić information content (AvgIpc) is 2.38. The summed E-state index contributed by atoms with van der Waals surface area (Å²) in [6, 6.07) is 12.2. The zero-order valence-electron chi connectivity index (χ0n) is 10.7. The predicted molar refractivity (Wildman–Crippen MR) is 75.5 cm³/mol. The number of rotatable bonds is 3. The number of hydrogen-bond acceptors (Lipinski definition) is 2. The molecule has 2 aromatic rings. The molecule has 1 unspecified atom stereocenters. The third kappa shape index (κ3) is 2.47. The summed E-state index contributed by atoms with van der Waals surface area (Å²) in [7, 11) is 0. The summed E-state index contributed by atoms with van der Waals surface area (Å²) in [4.78, 5) is 0. The number of nitrogens with two attached hydrogens (primary N) is 1. The van der Waals surface area contributed by atoms with Crippen LogP contribution in [0.2, 0.25) is 0 Å². The van der Waals surface area contributed by atoms with Crippen molar-refractivity contribution in [2.24, 2.45) is 5.73 Å². The van der Waals surface area contributed by atoms with Gasteiger partial charge >= 0.3 is 0 Å². The quantitative estimate of drug-likeness (QED) is 0.834. The summed E-state index contributed by atoms with van der Waals surface area (Å²) in [6.45, 7) is 4.16. The molecule has 1 atom stereocenters. The smallest absolute Gasteiger partial charge is 0.149 e. The topological polar surface area (TPSA) is 35.2 Å². The summed E-state index contributed by atoms with van der Waals surface area (Å²) < 4.78 is 5.80. The minimum atomic E-state index is -0.0563. The zero-order valence-corrected chi connectivity index (χ0v) is 10.7. The van der Waals surface area contributed by atoms with E-state index in [9.17, 15) is 0 Å². The van der Waals surface area contributed by atoms with Gasteiger partial charge in [-0.2, -0.15) is 0 Å². The maximum atomic E-state index is 5.99. The van der Waals surface area contributed by atoms with E-state index >= 15 is 0 Å². The fourth-order valence-electron chi connectivity index (χ4n) is 1.96. The maximum absolute atomic E-state index is 5.99. The van der Waals surface area contributed by atoms with Crippen LogP contribution in [0.3, 0.4) is 0 Å². The molecular formula is C16H17NO. The van der Waals surface area contributed by atoms with Crippen LogP contribution < -0.4 is 10.5 Å². The first-order valence-electron chi connectivity index (χ1n) is 6.03. The number of fused-ring (bicyclic) bond motifs is 1. The van der Waals surface area contributed by atoms with Gasteiger partial charge in [-0.1, -0.05) is 42.3 Å². The number of ether oxygens (including phenoxy) is 1. The Morgan fingerprint density at radius 1 is 1.22 bits per heavy atom. The lowest BCUT2D eigenvalue weighted by molar-refractivity contribution is 0.368. The first-order chi connectivity index (χ1) is 8.74. The molecule has 0 spiro atoms. The minimum Gasteiger partial charge on any atom is -0.480 e. The van der Waals surface area contributed by atoms with Gasteiger partial charge in [0.05, 0.1) is 0 Å². The number of hydrogen-bond donors (Lipinski definition) is 1. The van der Waals surface area contributed by atoms with Gasteiger partial charge < -0.3 is 10.5 Å². The Balaban J connectivity index is 2.54. The van der Waals surface area contributed by atoms with Crippen LogP contribution in [0, 0.1) is 11.8 Å². The number of benzene rings is 2. The van der Waals surface area contributed by atoms with Gasteiger partial charge in [0.25, 0.3) is 0 Å². The molecule has 0 aromatic heterocycles. The monoisotopic (exact) mass is 239 g/mol. The second-order valence-corrected chi connectivity index (χ2v) is 4.21. The molecule has 0 bridgehead atoms. The van der Waals surface area contributed by atoms with Gasteiger partial charge in [-0.3, -0.25) is 0 Å². The van der Waals surface area contributed by atoms with Crippen LogP contribution in [0.4, 0.5) is 0 Å². The third-order valence-corrected chi connectivity index (χ3v) is 2.87. The lowest BCUT2D eigenvalue weighted by Crippen LogP contribution is -2.08. The summed E-state index contributed by atoms with van der Waals surface area (Å²) in [5, 5.41) is 2.24. The molecule has 2 nitrogen and oxygen atoms in total. The standard InChI is InChI=1S/C16H17NO/c1-3-4-11-18-16-14(12(2)17)10-9-13-7-5-6-8-15(13)16/h5-10,12H,11,17H2,1-2H3. The van der Waals surface area contributed by atoms with Crippen molar-refractivity contribution in [2.75, 3.05) is 6.61 Å². The van der Waals surface area contributed by atoms with Crippen LogP contribution in [-0.2, 0) is 0 Å². The van der Waals surface area contributed by atoms with E-state index < -0.39 is 0 Å². The molecule has 0 radical (unpaired) electrons. The second kappa shape index (κ2) is 5.57. The molecule has 0 aliphatic carbocycles. The molecule has 0 heterocycles. The summed E-state index contributed by atoms with van der Waals surface area (Å²) in [5.41, 5.74) is 7.01. The Morgan fingerprint density at radius 2 is 2.00 bits per heavy atom. The Bertz CT molecular complexity index is 605. The van der Waals surface area contributed by atoms with Crippen LogP contribution in [0.5, 0.6) is 5.75 Å². The van der Waals surface area contributed by atoms with E-state index in [1.165, 1.54) is 0 Å².